The highest BCUT2D eigenvalue weighted by atomic mass is 16.5. The molecule has 25 heavy (non-hydrogen) atoms. The monoisotopic (exact) mass is 345 g/mol. The fourth-order valence-electron chi connectivity index (χ4n) is 3.70. The van der Waals surface area contributed by atoms with E-state index < -0.39 is 23.3 Å². The summed E-state index contributed by atoms with van der Waals surface area (Å²) in [5.41, 5.74) is 1.76. The van der Waals surface area contributed by atoms with E-state index in [2.05, 4.69) is 5.32 Å². The highest BCUT2D eigenvalue weighted by molar-refractivity contribution is 6.20. The number of anilines is 1. The number of methoxy groups -OCH3 is 1. The van der Waals surface area contributed by atoms with Crippen LogP contribution in [0.25, 0.3) is 0 Å². The zero-order valence-corrected chi connectivity index (χ0v) is 14.8. The molecule has 2 heterocycles. The number of benzene rings is 1. The van der Waals surface area contributed by atoms with E-state index in [-0.39, 0.29) is 13.1 Å². The first-order valence-corrected chi connectivity index (χ1v) is 8.36. The molecule has 7 heteroatoms. The standard InChI is InChI=1S/C18H23N3O4/c1-12-5-6-14-13(9-12)10-18(11-20(14)2)15(22)19-17(24)21(16(18)23)7-4-8-25-3/h5-6,9H,4,7-8,10-11H2,1-3H3,(H,19,22,24)/t18-/m1/s1. The van der Waals surface area contributed by atoms with Gasteiger partial charge in [0, 0.05) is 39.5 Å². The molecule has 1 spiro atoms. The summed E-state index contributed by atoms with van der Waals surface area (Å²) in [7, 11) is 3.43. The molecule has 1 fully saturated rings. The van der Waals surface area contributed by atoms with E-state index in [0.717, 1.165) is 21.7 Å². The lowest BCUT2D eigenvalue weighted by Crippen LogP contribution is -2.68. The third-order valence-corrected chi connectivity index (χ3v) is 4.93. The first-order chi connectivity index (χ1) is 11.9. The lowest BCUT2D eigenvalue weighted by Gasteiger charge is -2.45. The van der Waals surface area contributed by atoms with Gasteiger partial charge in [-0.15, -0.1) is 0 Å². The minimum Gasteiger partial charge on any atom is -0.385 e. The van der Waals surface area contributed by atoms with Gasteiger partial charge in [0.05, 0.1) is 0 Å². The maximum absolute atomic E-state index is 13.1. The Morgan fingerprint density at radius 2 is 2.04 bits per heavy atom. The number of rotatable bonds is 4. The second kappa shape index (κ2) is 6.48. The molecule has 0 unspecified atom stereocenters. The van der Waals surface area contributed by atoms with Crippen LogP contribution >= 0.6 is 0 Å². The van der Waals surface area contributed by atoms with Crippen LogP contribution in [0.15, 0.2) is 18.2 Å². The number of amides is 4. The number of ether oxygens (including phenoxy) is 1. The topological polar surface area (TPSA) is 79.0 Å². The third kappa shape index (κ3) is 2.89. The van der Waals surface area contributed by atoms with Crippen molar-refractivity contribution in [3.05, 3.63) is 29.3 Å². The van der Waals surface area contributed by atoms with E-state index in [1.54, 1.807) is 7.11 Å². The number of carbonyl (C=O) groups excluding carboxylic acids is 3. The summed E-state index contributed by atoms with van der Waals surface area (Å²) in [4.78, 5) is 41.0. The zero-order valence-electron chi connectivity index (χ0n) is 14.8. The fourth-order valence-corrected chi connectivity index (χ4v) is 3.70. The molecule has 1 atom stereocenters. The van der Waals surface area contributed by atoms with Gasteiger partial charge in [0.15, 0.2) is 0 Å². The number of carbonyl (C=O) groups is 3. The first-order valence-electron chi connectivity index (χ1n) is 8.36. The molecule has 2 aliphatic heterocycles. The molecule has 4 amide bonds. The minimum atomic E-state index is -1.27. The van der Waals surface area contributed by atoms with E-state index in [9.17, 15) is 14.4 Å². The van der Waals surface area contributed by atoms with Crippen LogP contribution in [0, 0.1) is 12.3 Å². The van der Waals surface area contributed by atoms with Gasteiger partial charge in [-0.1, -0.05) is 17.7 Å². The molecule has 0 bridgehead atoms. The summed E-state index contributed by atoms with van der Waals surface area (Å²) >= 11 is 0. The number of hydrogen-bond acceptors (Lipinski definition) is 5. The molecule has 7 nitrogen and oxygen atoms in total. The second-order valence-electron chi connectivity index (χ2n) is 6.81. The summed E-state index contributed by atoms with van der Waals surface area (Å²) < 4.78 is 4.99. The van der Waals surface area contributed by atoms with Crippen molar-refractivity contribution in [3.63, 3.8) is 0 Å². The van der Waals surface area contributed by atoms with Gasteiger partial charge in [-0.25, -0.2) is 4.79 Å². The zero-order chi connectivity index (χ0) is 18.2. The third-order valence-electron chi connectivity index (χ3n) is 4.93. The number of fused-ring (bicyclic) bond motifs is 1. The molecule has 3 rings (SSSR count). The van der Waals surface area contributed by atoms with Gasteiger partial charge in [0.2, 0.25) is 11.8 Å². The molecule has 0 radical (unpaired) electrons. The van der Waals surface area contributed by atoms with Crippen LogP contribution in [-0.4, -0.2) is 56.6 Å². The normalized spacial score (nSPS) is 23.1. The Hall–Kier alpha value is -2.41. The van der Waals surface area contributed by atoms with Crippen molar-refractivity contribution in [2.24, 2.45) is 5.41 Å². The number of aryl methyl sites for hydroxylation is 1. The van der Waals surface area contributed by atoms with E-state index in [0.29, 0.717) is 19.4 Å². The van der Waals surface area contributed by atoms with Crippen LogP contribution in [0.1, 0.15) is 17.5 Å². The maximum atomic E-state index is 13.1. The summed E-state index contributed by atoms with van der Waals surface area (Å²) in [5, 5.41) is 2.37. The number of nitrogens with zero attached hydrogens (tertiary/aromatic N) is 2. The van der Waals surface area contributed by atoms with Gasteiger partial charge in [0.1, 0.15) is 5.41 Å². The lowest BCUT2D eigenvalue weighted by molar-refractivity contribution is -0.151. The molecule has 1 aromatic rings. The summed E-state index contributed by atoms with van der Waals surface area (Å²) in [6, 6.07) is 5.37. The summed E-state index contributed by atoms with van der Waals surface area (Å²) in [6.07, 6.45) is 0.832. The van der Waals surface area contributed by atoms with Crippen molar-refractivity contribution in [2.45, 2.75) is 19.8 Å². The molecule has 2 aliphatic rings. The number of nitrogens with one attached hydrogen (secondary N) is 1. The largest absolute Gasteiger partial charge is 0.385 e. The van der Waals surface area contributed by atoms with Gasteiger partial charge in [-0.05, 0) is 31.4 Å². The average molecular weight is 345 g/mol. The Bertz CT molecular complexity index is 733. The first kappa shape index (κ1) is 17.4. The highest BCUT2D eigenvalue weighted by Crippen LogP contribution is 2.39. The maximum Gasteiger partial charge on any atom is 0.330 e. The van der Waals surface area contributed by atoms with Crippen LogP contribution in [0.3, 0.4) is 0 Å². The fraction of sp³-hybridized carbons (Fsp3) is 0.500. The van der Waals surface area contributed by atoms with Crippen molar-refractivity contribution >= 4 is 23.5 Å². The Balaban J connectivity index is 1.95. The predicted molar refractivity (Wildman–Crippen MR) is 92.3 cm³/mol. The van der Waals surface area contributed by atoms with Gasteiger partial charge >= 0.3 is 6.03 Å². The van der Waals surface area contributed by atoms with Crippen LogP contribution in [0.4, 0.5) is 10.5 Å². The Morgan fingerprint density at radius 3 is 2.76 bits per heavy atom. The summed E-state index contributed by atoms with van der Waals surface area (Å²) in [6.45, 7) is 2.91. The molecule has 1 aromatic carbocycles. The van der Waals surface area contributed by atoms with Gasteiger partial charge < -0.3 is 9.64 Å². The van der Waals surface area contributed by atoms with E-state index in [4.69, 9.17) is 4.74 Å². The molecule has 0 aliphatic carbocycles. The lowest BCUT2D eigenvalue weighted by atomic mass is 9.74. The van der Waals surface area contributed by atoms with Crippen molar-refractivity contribution in [1.82, 2.24) is 10.2 Å². The average Bonchev–Trinajstić information content (AvgIpc) is 2.56. The minimum absolute atomic E-state index is 0.234. The van der Waals surface area contributed by atoms with Crippen LogP contribution in [0.2, 0.25) is 0 Å². The predicted octanol–water partition coefficient (Wildman–Crippen LogP) is 1.09. The van der Waals surface area contributed by atoms with E-state index in [1.807, 2.05) is 37.1 Å². The SMILES string of the molecule is COCCCN1C(=O)NC(=O)[C@]2(Cc3cc(C)ccc3N(C)C2)C1=O. The molecule has 134 valence electrons. The molecule has 0 saturated carbocycles. The molecule has 0 aromatic heterocycles. The van der Waals surface area contributed by atoms with Crippen LogP contribution in [-0.2, 0) is 20.7 Å². The van der Waals surface area contributed by atoms with E-state index in [1.165, 1.54) is 0 Å². The molecule has 1 saturated heterocycles. The Morgan fingerprint density at radius 1 is 1.28 bits per heavy atom. The number of barbiturate groups is 1. The molecule has 1 N–H and O–H groups in total. The summed E-state index contributed by atoms with van der Waals surface area (Å²) in [5.74, 6) is -0.930. The Kier molecular flexibility index (Phi) is 4.51. The second-order valence-corrected chi connectivity index (χ2v) is 6.81. The van der Waals surface area contributed by atoms with Gasteiger partial charge in [-0.3, -0.25) is 19.8 Å². The Labute approximate surface area is 146 Å². The number of imide groups is 2. The highest BCUT2D eigenvalue weighted by Gasteiger charge is 2.56. The number of urea groups is 1. The smallest absolute Gasteiger partial charge is 0.330 e. The van der Waals surface area contributed by atoms with Crippen molar-refractivity contribution in [2.75, 3.05) is 38.8 Å². The van der Waals surface area contributed by atoms with Crippen molar-refractivity contribution in [3.8, 4) is 0 Å². The van der Waals surface area contributed by atoms with Gasteiger partial charge in [-0.2, -0.15) is 0 Å². The van der Waals surface area contributed by atoms with Gasteiger partial charge in [0.25, 0.3) is 0 Å². The van der Waals surface area contributed by atoms with Crippen molar-refractivity contribution < 1.29 is 19.1 Å². The van der Waals surface area contributed by atoms with Crippen LogP contribution in [0.5, 0.6) is 0 Å². The molecular weight excluding hydrogens is 322 g/mol. The number of hydrogen-bond donors (Lipinski definition) is 1. The molecular formula is C18H23N3O4. The van der Waals surface area contributed by atoms with Crippen LogP contribution < -0.4 is 10.2 Å². The quantitative estimate of drug-likeness (QED) is 0.653. The van der Waals surface area contributed by atoms with Crippen molar-refractivity contribution in [1.29, 1.82) is 0 Å². The van der Waals surface area contributed by atoms with E-state index >= 15 is 0 Å².